The quantitative estimate of drug-likeness (QED) is 0.160. The molecule has 0 aliphatic heterocycles. The Morgan fingerprint density at radius 2 is 0.661 bits per heavy atom. The Morgan fingerprint density at radius 3 is 1.10 bits per heavy atom. The van der Waals surface area contributed by atoms with Gasteiger partial charge in [0.1, 0.15) is 22.2 Å². The first kappa shape index (κ1) is 35.5. The fourth-order valence-electron chi connectivity index (χ4n) is 8.75. The second kappa shape index (κ2) is 14.7. The number of hydrogen-bond acceptors (Lipinski definition) is 6. The highest BCUT2D eigenvalue weighted by Gasteiger charge is 2.19. The Labute approximate surface area is 356 Å². The third kappa shape index (κ3) is 6.04. The van der Waals surface area contributed by atoms with Gasteiger partial charge in [-0.3, -0.25) is 19.9 Å². The van der Waals surface area contributed by atoms with Gasteiger partial charge < -0.3 is 8.83 Å². The van der Waals surface area contributed by atoms with Crippen LogP contribution in [0.25, 0.3) is 122 Å². The van der Waals surface area contributed by atoms with E-state index in [1.807, 2.05) is 49.1 Å². The minimum absolute atomic E-state index is 0.773. The van der Waals surface area contributed by atoms with Crippen LogP contribution in [0.5, 0.6) is 0 Å². The smallest absolute Gasteiger partial charge is 0.161 e. The van der Waals surface area contributed by atoms with Crippen molar-refractivity contribution in [1.82, 2.24) is 19.9 Å². The molecule has 0 N–H and O–H groups in total. The number of pyridine rings is 4. The second-order valence-electron chi connectivity index (χ2n) is 15.4. The van der Waals surface area contributed by atoms with Crippen LogP contribution in [-0.2, 0) is 0 Å². The van der Waals surface area contributed by atoms with Gasteiger partial charge in [-0.25, -0.2) is 0 Å². The van der Waals surface area contributed by atoms with E-state index >= 15 is 0 Å². The van der Waals surface area contributed by atoms with Crippen molar-refractivity contribution in [2.24, 2.45) is 0 Å². The molecule has 0 saturated heterocycles. The molecule has 6 aromatic carbocycles. The molecule has 0 aliphatic carbocycles. The van der Waals surface area contributed by atoms with Crippen LogP contribution in [0.1, 0.15) is 0 Å². The predicted molar refractivity (Wildman–Crippen MR) is 250 cm³/mol. The van der Waals surface area contributed by atoms with Gasteiger partial charge in [-0.1, -0.05) is 121 Å². The van der Waals surface area contributed by atoms with Crippen LogP contribution >= 0.6 is 0 Å². The number of para-hydroxylation sites is 2. The minimum atomic E-state index is 0.773. The molecule has 12 rings (SSSR count). The first-order valence-electron chi connectivity index (χ1n) is 20.6. The highest BCUT2D eigenvalue weighted by atomic mass is 16.3. The van der Waals surface area contributed by atoms with Crippen molar-refractivity contribution < 1.29 is 8.83 Å². The number of aromatic nitrogens is 4. The zero-order valence-corrected chi connectivity index (χ0v) is 33.2. The number of rotatable bonds is 7. The first-order valence-corrected chi connectivity index (χ1v) is 20.6. The lowest BCUT2D eigenvalue weighted by Gasteiger charge is -2.08. The van der Waals surface area contributed by atoms with E-state index in [1.165, 1.54) is 0 Å². The maximum absolute atomic E-state index is 6.75. The minimum Gasteiger partial charge on any atom is -0.453 e. The van der Waals surface area contributed by atoms with Crippen molar-refractivity contribution in [3.63, 3.8) is 0 Å². The highest BCUT2D eigenvalue weighted by Crippen LogP contribution is 2.42. The molecule has 6 heteroatoms. The second-order valence-corrected chi connectivity index (χ2v) is 15.4. The van der Waals surface area contributed by atoms with Gasteiger partial charge in [-0.15, -0.1) is 0 Å². The zero-order valence-electron chi connectivity index (χ0n) is 33.2. The lowest BCUT2D eigenvalue weighted by atomic mass is 9.97. The van der Waals surface area contributed by atoms with Crippen molar-refractivity contribution in [3.05, 3.63) is 207 Å². The van der Waals surface area contributed by atoms with Gasteiger partial charge >= 0.3 is 0 Å². The molecule has 0 radical (unpaired) electrons. The van der Waals surface area contributed by atoms with Crippen molar-refractivity contribution in [3.8, 4) is 77.9 Å². The molecule has 290 valence electrons. The Morgan fingerprint density at radius 1 is 0.274 bits per heavy atom. The third-order valence-electron chi connectivity index (χ3n) is 11.8. The number of nitrogens with zero attached hydrogens (tertiary/aromatic N) is 4. The molecule has 12 aromatic rings. The Kier molecular flexibility index (Phi) is 8.38. The van der Waals surface area contributed by atoms with Crippen LogP contribution in [-0.4, -0.2) is 19.9 Å². The molecule has 0 fully saturated rings. The van der Waals surface area contributed by atoms with Gasteiger partial charge in [-0.05, 0) is 93.0 Å². The summed E-state index contributed by atoms with van der Waals surface area (Å²) in [5.41, 5.74) is 19.8. The lowest BCUT2D eigenvalue weighted by Crippen LogP contribution is -1.84. The summed E-state index contributed by atoms with van der Waals surface area (Å²) < 4.78 is 13.5. The van der Waals surface area contributed by atoms with Crippen molar-refractivity contribution in [1.29, 1.82) is 0 Å². The largest absolute Gasteiger partial charge is 0.453 e. The fraction of sp³-hybridized carbons (Fsp3) is 0. The van der Waals surface area contributed by atoms with Crippen molar-refractivity contribution in [2.75, 3.05) is 0 Å². The molecule has 0 aliphatic rings. The monoisotopic (exact) mass is 794 g/mol. The highest BCUT2D eigenvalue weighted by molar-refractivity contribution is 6.12. The van der Waals surface area contributed by atoms with Crippen LogP contribution in [0.4, 0.5) is 0 Å². The summed E-state index contributed by atoms with van der Waals surface area (Å²) in [6.07, 6.45) is 11.1. The molecule has 0 atom stereocenters. The van der Waals surface area contributed by atoms with Crippen LogP contribution in [0.2, 0.25) is 0 Å². The summed E-state index contributed by atoms with van der Waals surface area (Å²) in [7, 11) is 0. The fourth-order valence-corrected chi connectivity index (χ4v) is 8.75. The summed E-state index contributed by atoms with van der Waals surface area (Å²) in [6, 6.07) is 59.0. The zero-order chi connectivity index (χ0) is 41.0. The van der Waals surface area contributed by atoms with Crippen LogP contribution in [0, 0.1) is 0 Å². The third-order valence-corrected chi connectivity index (χ3v) is 11.8. The normalized spacial score (nSPS) is 11.5. The van der Waals surface area contributed by atoms with Crippen molar-refractivity contribution >= 4 is 44.1 Å². The van der Waals surface area contributed by atoms with Gasteiger partial charge in [0, 0.05) is 81.3 Å². The lowest BCUT2D eigenvalue weighted by molar-refractivity contribution is 0.670. The number of hydrogen-bond donors (Lipinski definition) is 0. The average molecular weight is 795 g/mol. The Hall–Kier alpha value is -8.48. The summed E-state index contributed by atoms with van der Waals surface area (Å²) in [6.45, 7) is 0. The maximum atomic E-state index is 6.75. The number of benzene rings is 6. The molecule has 0 amide bonds. The standard InChI is InChI=1S/C56H34N4O2/c1-7-39(43-11-5-27-57-33-43)31-41(9-1)45-13-3-15-49-51-55(61-53(45)49)47(25-29-59-51)37-21-17-35(18-22-37)36-19-23-38(24-20-36)48-26-30-60-52-50-16-4-14-46(54(50)62-56(48)52)42-10-2-8-40(32-42)44-12-6-28-58-34-44/h1-34H. The van der Waals surface area contributed by atoms with E-state index in [0.29, 0.717) is 0 Å². The van der Waals surface area contributed by atoms with E-state index in [2.05, 4.69) is 156 Å². The summed E-state index contributed by atoms with van der Waals surface area (Å²) in [5.74, 6) is 0. The predicted octanol–water partition coefficient (Wildman–Crippen LogP) is 14.7. The molecule has 6 aromatic heterocycles. The van der Waals surface area contributed by atoms with Gasteiger partial charge in [0.25, 0.3) is 0 Å². The molecule has 0 saturated carbocycles. The molecular weight excluding hydrogens is 761 g/mol. The Balaban J connectivity index is 0.852. The van der Waals surface area contributed by atoms with E-state index in [4.69, 9.17) is 18.8 Å². The molecule has 6 heterocycles. The number of fused-ring (bicyclic) bond motifs is 6. The van der Waals surface area contributed by atoms with Gasteiger partial charge in [0.2, 0.25) is 0 Å². The number of furan rings is 2. The summed E-state index contributed by atoms with van der Waals surface area (Å²) in [5, 5.41) is 1.98. The van der Waals surface area contributed by atoms with E-state index < -0.39 is 0 Å². The van der Waals surface area contributed by atoms with Gasteiger partial charge in [0.05, 0.1) is 0 Å². The summed E-state index contributed by atoms with van der Waals surface area (Å²) in [4.78, 5) is 18.2. The molecule has 0 spiro atoms. The molecule has 62 heavy (non-hydrogen) atoms. The molecule has 0 unspecified atom stereocenters. The molecule has 0 bridgehead atoms. The van der Waals surface area contributed by atoms with Crippen molar-refractivity contribution in [2.45, 2.75) is 0 Å². The van der Waals surface area contributed by atoms with Gasteiger partial charge in [0.15, 0.2) is 11.2 Å². The maximum Gasteiger partial charge on any atom is 0.161 e. The van der Waals surface area contributed by atoms with Gasteiger partial charge in [-0.2, -0.15) is 0 Å². The SMILES string of the molecule is c1cncc(-c2cccc(-c3cccc4c3oc3c(-c5ccc(-c6ccc(-c7ccnc8c7oc7c(-c9cccc(-c%10cccnc%10)c9)cccc78)cc6)cc5)ccnc34)c2)c1. The molecular formula is C56H34N4O2. The van der Waals surface area contributed by atoms with E-state index in [1.54, 1.807) is 12.4 Å². The topological polar surface area (TPSA) is 77.8 Å². The first-order chi connectivity index (χ1) is 30.7. The van der Waals surface area contributed by atoms with Crippen LogP contribution in [0.3, 0.4) is 0 Å². The Bertz CT molecular complexity index is 3370. The van der Waals surface area contributed by atoms with Crippen LogP contribution < -0.4 is 0 Å². The van der Waals surface area contributed by atoms with E-state index in [0.717, 1.165) is 122 Å². The van der Waals surface area contributed by atoms with Crippen LogP contribution in [0.15, 0.2) is 216 Å². The summed E-state index contributed by atoms with van der Waals surface area (Å²) >= 11 is 0. The average Bonchev–Trinajstić information content (AvgIpc) is 3.94. The van der Waals surface area contributed by atoms with E-state index in [9.17, 15) is 0 Å². The van der Waals surface area contributed by atoms with E-state index in [-0.39, 0.29) is 0 Å². The molecule has 6 nitrogen and oxygen atoms in total.